The van der Waals surface area contributed by atoms with E-state index in [0.717, 1.165) is 25.9 Å². The maximum atomic E-state index is 4.26. The van der Waals surface area contributed by atoms with Gasteiger partial charge in [-0.15, -0.1) is 0 Å². The second-order valence-electron chi connectivity index (χ2n) is 6.61. The highest BCUT2D eigenvalue weighted by molar-refractivity contribution is 6.00. The van der Waals surface area contributed by atoms with Crippen molar-refractivity contribution in [2.45, 2.75) is 44.6 Å². The number of likely N-dealkylation sites (N-methyl/N-ethyl adjacent to an activating group) is 1. The molecule has 0 aromatic heterocycles. The summed E-state index contributed by atoms with van der Waals surface area (Å²) in [6.07, 6.45) is 4.43. The molecule has 2 heteroatoms. The van der Waals surface area contributed by atoms with Gasteiger partial charge in [-0.25, -0.2) is 4.90 Å². The monoisotopic (exact) mass is 283 g/mol. The first-order valence-electron chi connectivity index (χ1n) is 8.15. The Bertz CT molecular complexity index is 616. The van der Waals surface area contributed by atoms with E-state index in [1.54, 1.807) is 0 Å². The van der Waals surface area contributed by atoms with Crippen molar-refractivity contribution in [3.63, 3.8) is 0 Å². The van der Waals surface area contributed by atoms with Crippen LogP contribution in [0.15, 0.2) is 36.9 Å². The average Bonchev–Trinajstić information content (AvgIpc) is 2.91. The van der Waals surface area contributed by atoms with Crippen molar-refractivity contribution in [3.05, 3.63) is 48.0 Å². The summed E-state index contributed by atoms with van der Waals surface area (Å²) in [6, 6.07) is 8.96. The van der Waals surface area contributed by atoms with E-state index in [0.29, 0.717) is 0 Å². The minimum Gasteiger partial charge on any atom is -0.260 e. The summed E-state index contributed by atoms with van der Waals surface area (Å²) in [5, 5.41) is 0. The largest absolute Gasteiger partial charge is 0.280 e. The van der Waals surface area contributed by atoms with Gasteiger partial charge in [0.05, 0.1) is 12.6 Å². The Morgan fingerprint density at radius 2 is 2.00 bits per heavy atom. The van der Waals surface area contributed by atoms with E-state index in [2.05, 4.69) is 74.2 Å². The molecule has 0 amide bonds. The van der Waals surface area contributed by atoms with E-state index in [9.17, 15) is 0 Å². The number of fused-ring (bicyclic) bond motifs is 3. The predicted octanol–water partition coefficient (Wildman–Crippen LogP) is 3.41. The molecule has 0 fully saturated rings. The molecule has 2 nitrogen and oxygen atoms in total. The van der Waals surface area contributed by atoms with Gasteiger partial charge in [-0.1, -0.05) is 45.5 Å². The van der Waals surface area contributed by atoms with E-state index in [4.69, 9.17) is 0 Å². The molecule has 1 aromatic carbocycles. The third-order valence-corrected chi connectivity index (χ3v) is 6.06. The smallest absolute Gasteiger partial charge is 0.260 e. The fraction of sp³-hybridized carbons (Fsp3) is 0.526. The van der Waals surface area contributed by atoms with E-state index in [1.165, 1.54) is 17.0 Å². The summed E-state index contributed by atoms with van der Waals surface area (Å²) in [7, 11) is 2.21. The van der Waals surface area contributed by atoms with E-state index in [-0.39, 0.29) is 11.0 Å². The van der Waals surface area contributed by atoms with Gasteiger partial charge >= 0.3 is 0 Å². The molecule has 21 heavy (non-hydrogen) atoms. The normalized spacial score (nSPS) is 31.1. The van der Waals surface area contributed by atoms with E-state index in [1.807, 2.05) is 0 Å². The zero-order valence-electron chi connectivity index (χ0n) is 13.8. The van der Waals surface area contributed by atoms with Crippen molar-refractivity contribution in [1.82, 2.24) is 4.90 Å². The lowest BCUT2D eigenvalue weighted by Crippen LogP contribution is -2.64. The van der Waals surface area contributed by atoms with Crippen molar-refractivity contribution in [2.75, 3.05) is 20.1 Å². The van der Waals surface area contributed by atoms with Gasteiger partial charge in [-0.2, -0.15) is 0 Å². The standard InChI is InChI=1S/C19H27N2/c1-6-18(4)16-12-10-9-11-15(16)17-20(5)13-14-21(17)19(18,7-2)8-3/h7,9-12H,2,6,8,13-14H2,1,3-5H3/q+1. The average molecular weight is 283 g/mol. The summed E-state index contributed by atoms with van der Waals surface area (Å²) in [5.74, 6) is 1.39. The quantitative estimate of drug-likeness (QED) is 0.608. The molecule has 0 saturated carbocycles. The summed E-state index contributed by atoms with van der Waals surface area (Å²) in [5.41, 5.74) is 3.01. The Kier molecular flexibility index (Phi) is 3.23. The first-order chi connectivity index (χ1) is 10.1. The highest BCUT2D eigenvalue weighted by atomic mass is 15.3. The maximum Gasteiger partial charge on any atom is 0.280 e. The first kappa shape index (κ1) is 14.4. The van der Waals surface area contributed by atoms with Gasteiger partial charge in [0.2, 0.25) is 0 Å². The molecule has 0 spiro atoms. The van der Waals surface area contributed by atoms with Gasteiger partial charge in [0.1, 0.15) is 18.6 Å². The van der Waals surface area contributed by atoms with Crippen molar-refractivity contribution in [3.8, 4) is 0 Å². The number of amidine groups is 1. The van der Waals surface area contributed by atoms with Crippen LogP contribution in [0, 0.1) is 0 Å². The van der Waals surface area contributed by atoms with E-state index >= 15 is 0 Å². The molecule has 2 aliphatic rings. The SMILES string of the molecule is C=CC1(CC)N2CC[N+](C)=C2c2ccccc2C1(C)CC. The molecule has 112 valence electrons. The molecule has 0 aliphatic carbocycles. The minimum atomic E-state index is 0.0101. The third-order valence-electron chi connectivity index (χ3n) is 6.06. The molecule has 0 bridgehead atoms. The predicted molar refractivity (Wildman–Crippen MR) is 89.2 cm³/mol. The highest BCUT2D eigenvalue weighted by Gasteiger charge is 2.60. The molecule has 2 heterocycles. The van der Waals surface area contributed by atoms with Crippen molar-refractivity contribution in [1.29, 1.82) is 0 Å². The van der Waals surface area contributed by atoms with Gasteiger partial charge in [0, 0.05) is 5.41 Å². The van der Waals surface area contributed by atoms with Gasteiger partial charge in [-0.05, 0) is 30.5 Å². The Hall–Kier alpha value is -1.57. The molecule has 2 unspecified atom stereocenters. The van der Waals surface area contributed by atoms with Crippen molar-refractivity contribution < 1.29 is 4.58 Å². The number of hydrogen-bond donors (Lipinski definition) is 0. The Morgan fingerprint density at radius 3 is 2.62 bits per heavy atom. The van der Waals surface area contributed by atoms with E-state index < -0.39 is 0 Å². The van der Waals surface area contributed by atoms with Crippen molar-refractivity contribution >= 4 is 5.84 Å². The van der Waals surface area contributed by atoms with Gasteiger partial charge in [0.15, 0.2) is 0 Å². The molecular formula is C19H27N2+. The zero-order chi connectivity index (χ0) is 15.3. The first-order valence-corrected chi connectivity index (χ1v) is 8.15. The molecule has 0 saturated heterocycles. The summed E-state index contributed by atoms with van der Waals surface area (Å²) >= 11 is 0. The summed E-state index contributed by atoms with van der Waals surface area (Å²) in [4.78, 5) is 2.62. The van der Waals surface area contributed by atoms with Crippen LogP contribution in [0.25, 0.3) is 0 Å². The molecule has 2 aliphatic heterocycles. The zero-order valence-corrected chi connectivity index (χ0v) is 13.8. The van der Waals surface area contributed by atoms with Crippen LogP contribution in [0.5, 0.6) is 0 Å². The molecule has 0 N–H and O–H groups in total. The maximum absolute atomic E-state index is 4.26. The van der Waals surface area contributed by atoms with Crippen LogP contribution in [-0.4, -0.2) is 41.0 Å². The summed E-state index contributed by atoms with van der Waals surface area (Å²) < 4.78 is 2.40. The van der Waals surface area contributed by atoms with Crippen molar-refractivity contribution in [2.24, 2.45) is 0 Å². The van der Waals surface area contributed by atoms with Crippen LogP contribution in [0.4, 0.5) is 0 Å². The number of hydrogen-bond acceptors (Lipinski definition) is 1. The molecular weight excluding hydrogens is 256 g/mol. The second kappa shape index (κ2) is 4.72. The van der Waals surface area contributed by atoms with Crippen LogP contribution in [0.2, 0.25) is 0 Å². The third kappa shape index (κ3) is 1.56. The fourth-order valence-electron chi connectivity index (χ4n) is 4.66. The fourth-order valence-corrected chi connectivity index (χ4v) is 4.66. The van der Waals surface area contributed by atoms with Gasteiger partial charge in [0.25, 0.3) is 5.84 Å². The Morgan fingerprint density at radius 1 is 1.29 bits per heavy atom. The topological polar surface area (TPSA) is 6.25 Å². The van der Waals surface area contributed by atoms with Crippen LogP contribution < -0.4 is 0 Å². The minimum absolute atomic E-state index is 0.0101. The molecule has 0 radical (unpaired) electrons. The van der Waals surface area contributed by atoms with Crippen LogP contribution in [0.3, 0.4) is 0 Å². The lowest BCUT2D eigenvalue weighted by atomic mass is 9.59. The molecule has 3 rings (SSSR count). The van der Waals surface area contributed by atoms with Crippen LogP contribution >= 0.6 is 0 Å². The lowest BCUT2D eigenvalue weighted by Gasteiger charge is -2.52. The van der Waals surface area contributed by atoms with Gasteiger partial charge in [-0.3, -0.25) is 4.58 Å². The molecule has 1 aromatic rings. The second-order valence-corrected chi connectivity index (χ2v) is 6.61. The highest BCUT2D eigenvalue weighted by Crippen LogP contribution is 2.50. The molecule has 2 atom stereocenters. The van der Waals surface area contributed by atoms with Gasteiger partial charge < -0.3 is 0 Å². The number of benzene rings is 1. The summed E-state index contributed by atoms with van der Waals surface area (Å²) in [6.45, 7) is 13.5. The lowest BCUT2D eigenvalue weighted by molar-refractivity contribution is -0.486. The Balaban J connectivity index is 2.39. The number of rotatable bonds is 3. The Labute approximate surface area is 128 Å². The van der Waals surface area contributed by atoms with Crippen LogP contribution in [-0.2, 0) is 5.41 Å². The van der Waals surface area contributed by atoms with Crippen LogP contribution in [0.1, 0.15) is 44.7 Å². The number of nitrogens with zero attached hydrogens (tertiary/aromatic N) is 2.